The number of benzene rings is 1. The van der Waals surface area contributed by atoms with E-state index in [1.165, 1.54) is 6.08 Å². The number of ketones is 1. The highest BCUT2D eigenvalue weighted by molar-refractivity contribution is 8.01. The zero-order chi connectivity index (χ0) is 27.1. The number of alkyl halides is 3. The van der Waals surface area contributed by atoms with Gasteiger partial charge in [-0.05, 0) is 44.2 Å². The second kappa shape index (κ2) is 10.6. The van der Waals surface area contributed by atoms with E-state index in [1.807, 2.05) is 0 Å². The van der Waals surface area contributed by atoms with Gasteiger partial charge in [-0.1, -0.05) is 65.1 Å². The van der Waals surface area contributed by atoms with E-state index in [-0.39, 0.29) is 11.8 Å². The van der Waals surface area contributed by atoms with E-state index in [2.05, 4.69) is 5.32 Å². The zero-order valence-corrected chi connectivity index (χ0v) is 23.1. The average molecular weight is 591 g/mol. The third-order valence-electron chi connectivity index (χ3n) is 6.24. The van der Waals surface area contributed by atoms with Crippen molar-refractivity contribution in [1.82, 2.24) is 10.2 Å². The van der Waals surface area contributed by atoms with Crippen molar-refractivity contribution >= 4 is 70.3 Å². The topological polar surface area (TPSA) is 128 Å². The van der Waals surface area contributed by atoms with E-state index in [0.29, 0.717) is 11.5 Å². The van der Waals surface area contributed by atoms with Crippen LogP contribution in [-0.4, -0.2) is 55.4 Å². The number of alkyl carbamates (subject to hydrolysis) is 1. The number of Topliss-reactive ketones (excluding diaryl/α,β-unsaturated/α-hetero) is 1. The molecule has 37 heavy (non-hydrogen) atoms. The molecular formula is C24H26Cl3N3O6S. The van der Waals surface area contributed by atoms with E-state index in [0.717, 1.165) is 29.5 Å². The standard InChI is InChI=1S/C24H26Cl3N3O6S/c1-12(13-8-9-13)36-22(34)29-17(14-6-4-3-5-7-14)18(31)16-19(32)30-15(10-23(2,28)37-20(16)30)21(33)35-11-24(25,26)27/h3-7,10,12-13,16-17,20H,8-9,11,28H2,1-2H3,(H,29,34)/t12?,16?,17?,20-,23?/m1/s1. The minimum Gasteiger partial charge on any atom is -0.456 e. The Morgan fingerprint density at radius 2 is 1.89 bits per heavy atom. The maximum absolute atomic E-state index is 13.7. The number of rotatable bonds is 8. The number of hydrogen-bond donors (Lipinski definition) is 2. The van der Waals surface area contributed by atoms with Gasteiger partial charge in [0.1, 0.15) is 35.7 Å². The second-order valence-corrected chi connectivity index (χ2v) is 13.6. The van der Waals surface area contributed by atoms with Crippen molar-refractivity contribution in [3.05, 3.63) is 47.7 Å². The Morgan fingerprint density at radius 3 is 2.49 bits per heavy atom. The highest BCUT2D eigenvalue weighted by Gasteiger charge is 2.59. The van der Waals surface area contributed by atoms with Crippen LogP contribution < -0.4 is 11.1 Å². The van der Waals surface area contributed by atoms with Crippen LogP contribution in [0.25, 0.3) is 0 Å². The molecular weight excluding hydrogens is 565 g/mol. The van der Waals surface area contributed by atoms with Gasteiger partial charge in [0.2, 0.25) is 9.70 Å². The molecule has 1 aromatic rings. The Labute approximate surface area is 233 Å². The van der Waals surface area contributed by atoms with Crippen LogP contribution in [0.4, 0.5) is 4.79 Å². The second-order valence-electron chi connectivity index (χ2n) is 9.44. The first-order valence-electron chi connectivity index (χ1n) is 11.6. The van der Waals surface area contributed by atoms with Crippen LogP contribution in [-0.2, 0) is 23.9 Å². The molecule has 4 rings (SSSR count). The molecule has 1 aliphatic carbocycles. The molecule has 1 aromatic carbocycles. The third kappa shape index (κ3) is 6.54. The number of nitrogens with zero attached hydrogens (tertiary/aromatic N) is 1. The largest absolute Gasteiger partial charge is 0.456 e. The van der Waals surface area contributed by atoms with Crippen LogP contribution in [0, 0.1) is 11.8 Å². The maximum atomic E-state index is 13.7. The molecule has 5 atom stereocenters. The van der Waals surface area contributed by atoms with Gasteiger partial charge in [0, 0.05) is 0 Å². The van der Waals surface area contributed by atoms with Crippen LogP contribution >= 0.6 is 46.6 Å². The first kappa shape index (κ1) is 28.0. The van der Waals surface area contributed by atoms with Gasteiger partial charge in [0.05, 0.1) is 4.87 Å². The molecule has 1 saturated heterocycles. The number of carbonyl (C=O) groups excluding carboxylic acids is 4. The molecule has 2 heterocycles. The van der Waals surface area contributed by atoms with Gasteiger partial charge < -0.3 is 20.5 Å². The van der Waals surface area contributed by atoms with Crippen LogP contribution in [0.3, 0.4) is 0 Å². The number of amides is 2. The minimum absolute atomic E-state index is 0.140. The average Bonchev–Trinajstić information content (AvgIpc) is 3.65. The van der Waals surface area contributed by atoms with E-state index in [4.69, 9.17) is 50.0 Å². The Balaban J connectivity index is 1.54. The van der Waals surface area contributed by atoms with Gasteiger partial charge in [-0.25, -0.2) is 9.59 Å². The van der Waals surface area contributed by atoms with Crippen LogP contribution in [0.2, 0.25) is 0 Å². The first-order chi connectivity index (χ1) is 17.3. The molecule has 4 unspecified atom stereocenters. The number of thioether (sulfide) groups is 1. The maximum Gasteiger partial charge on any atom is 0.408 e. The molecule has 0 radical (unpaired) electrons. The Morgan fingerprint density at radius 1 is 1.24 bits per heavy atom. The summed E-state index contributed by atoms with van der Waals surface area (Å²) in [7, 11) is 0. The summed E-state index contributed by atoms with van der Waals surface area (Å²) in [5.74, 6) is -2.96. The molecule has 2 fully saturated rings. The molecule has 3 N–H and O–H groups in total. The molecule has 0 spiro atoms. The van der Waals surface area contributed by atoms with E-state index >= 15 is 0 Å². The number of β-lactam (4-membered cyclic amide) rings is 1. The Bertz CT molecular complexity index is 1120. The van der Waals surface area contributed by atoms with Crippen molar-refractivity contribution in [3.8, 4) is 0 Å². The third-order valence-corrected chi connectivity index (χ3v) is 7.92. The number of ether oxygens (including phenoxy) is 2. The smallest absolute Gasteiger partial charge is 0.408 e. The monoisotopic (exact) mass is 589 g/mol. The van der Waals surface area contributed by atoms with Gasteiger partial charge in [-0.2, -0.15) is 0 Å². The number of nitrogens with two attached hydrogens (primary N) is 1. The summed E-state index contributed by atoms with van der Waals surface area (Å²) < 4.78 is 8.65. The lowest BCUT2D eigenvalue weighted by molar-refractivity contribution is -0.159. The number of esters is 1. The Hall–Kier alpha value is -1.98. The highest BCUT2D eigenvalue weighted by Crippen LogP contribution is 2.48. The number of hydrogen-bond acceptors (Lipinski definition) is 8. The lowest BCUT2D eigenvalue weighted by Crippen LogP contribution is -2.67. The summed E-state index contributed by atoms with van der Waals surface area (Å²) in [6.07, 6.45) is 2.31. The molecule has 0 bridgehead atoms. The molecule has 2 amide bonds. The van der Waals surface area contributed by atoms with Crippen molar-refractivity contribution in [2.24, 2.45) is 17.6 Å². The molecule has 1 saturated carbocycles. The van der Waals surface area contributed by atoms with Crippen LogP contribution in [0.1, 0.15) is 38.3 Å². The van der Waals surface area contributed by atoms with Crippen LogP contribution in [0.15, 0.2) is 42.1 Å². The van der Waals surface area contributed by atoms with Gasteiger partial charge in [0.15, 0.2) is 5.78 Å². The summed E-state index contributed by atoms with van der Waals surface area (Å²) >= 11 is 18.1. The number of halogens is 3. The predicted molar refractivity (Wildman–Crippen MR) is 140 cm³/mol. The summed E-state index contributed by atoms with van der Waals surface area (Å²) in [6.45, 7) is 2.89. The van der Waals surface area contributed by atoms with Gasteiger partial charge in [0.25, 0.3) is 0 Å². The molecule has 200 valence electrons. The van der Waals surface area contributed by atoms with E-state index < -0.39 is 56.4 Å². The summed E-state index contributed by atoms with van der Waals surface area (Å²) in [5.41, 5.74) is 6.65. The summed E-state index contributed by atoms with van der Waals surface area (Å²) in [6, 6.07) is 7.41. The molecule has 0 aromatic heterocycles. The zero-order valence-electron chi connectivity index (χ0n) is 20.0. The number of carbonyl (C=O) groups is 4. The molecule has 9 nitrogen and oxygen atoms in total. The molecule has 3 aliphatic rings. The highest BCUT2D eigenvalue weighted by atomic mass is 35.6. The number of fused-ring (bicyclic) bond motifs is 1. The fourth-order valence-corrected chi connectivity index (χ4v) is 5.82. The van der Waals surface area contributed by atoms with Gasteiger partial charge in [-0.3, -0.25) is 14.5 Å². The molecule has 2 aliphatic heterocycles. The lowest BCUT2D eigenvalue weighted by atomic mass is 9.85. The SMILES string of the molecule is CC(OC(=O)NC(C(=O)C1C(=O)N2C(C(=O)OCC(Cl)(Cl)Cl)=CC(C)(N)S[C@H]12)c1ccccc1)C1CC1. The van der Waals surface area contributed by atoms with Crippen molar-refractivity contribution < 1.29 is 28.7 Å². The summed E-state index contributed by atoms with van der Waals surface area (Å²) in [5, 5.41) is 1.83. The van der Waals surface area contributed by atoms with E-state index in [1.54, 1.807) is 44.2 Å². The Kier molecular flexibility index (Phi) is 8.07. The van der Waals surface area contributed by atoms with Crippen LogP contribution in [0.5, 0.6) is 0 Å². The van der Waals surface area contributed by atoms with Crippen molar-refractivity contribution in [2.45, 2.75) is 52.9 Å². The van der Waals surface area contributed by atoms with Crippen molar-refractivity contribution in [1.29, 1.82) is 0 Å². The van der Waals surface area contributed by atoms with Crippen molar-refractivity contribution in [2.75, 3.05) is 6.61 Å². The van der Waals surface area contributed by atoms with Gasteiger partial charge in [-0.15, -0.1) is 11.8 Å². The quantitative estimate of drug-likeness (QED) is 0.202. The minimum atomic E-state index is -1.84. The normalized spacial score (nSPS) is 26.7. The molecule has 13 heteroatoms. The predicted octanol–water partition coefficient (Wildman–Crippen LogP) is 3.83. The van der Waals surface area contributed by atoms with Crippen molar-refractivity contribution in [3.63, 3.8) is 0 Å². The summed E-state index contributed by atoms with van der Waals surface area (Å²) in [4.78, 5) is 52.4. The fourth-order valence-electron chi connectivity index (χ4n) is 4.24. The number of nitrogens with one attached hydrogen (secondary N) is 1. The van der Waals surface area contributed by atoms with Gasteiger partial charge >= 0.3 is 12.1 Å². The lowest BCUT2D eigenvalue weighted by Gasteiger charge is -2.51. The fraction of sp³-hybridized carbons (Fsp3) is 0.500. The van der Waals surface area contributed by atoms with E-state index in [9.17, 15) is 19.2 Å². The first-order valence-corrected chi connectivity index (χ1v) is 13.6.